The van der Waals surface area contributed by atoms with Crippen molar-refractivity contribution in [2.45, 2.75) is 25.4 Å². The van der Waals surface area contributed by atoms with Crippen molar-refractivity contribution in [3.05, 3.63) is 29.3 Å². The maximum Gasteiger partial charge on any atom is 0.407 e. The van der Waals surface area contributed by atoms with Crippen molar-refractivity contribution in [1.29, 1.82) is 0 Å². The Hall–Kier alpha value is -2.85. The van der Waals surface area contributed by atoms with Crippen LogP contribution in [0.5, 0.6) is 0 Å². The number of nitrogens with one attached hydrogen (secondary N) is 3. The SMILES string of the molecule is CC(NC(=O)CNC(=O)OCCN)C(=O)Nc1ccc(CCl)c(CN(C)C=O)c1. The zero-order valence-electron chi connectivity index (χ0n) is 16.4. The molecule has 1 unspecified atom stereocenters. The maximum absolute atomic E-state index is 12.3. The van der Waals surface area contributed by atoms with Crippen LogP contribution in [0.15, 0.2) is 18.2 Å². The lowest BCUT2D eigenvalue weighted by Crippen LogP contribution is -2.46. The van der Waals surface area contributed by atoms with Gasteiger partial charge in [0.05, 0.1) is 0 Å². The highest BCUT2D eigenvalue weighted by atomic mass is 35.5. The molecule has 0 bridgehead atoms. The molecule has 0 aliphatic carbocycles. The molecule has 0 saturated carbocycles. The standard InChI is InChI=1S/C18H26ClN5O5/c1-12(22-16(26)9-21-18(28)29-6-5-20)17(27)23-15-4-3-13(8-19)14(7-15)10-24(2)11-25/h3-4,7,11-12H,5-6,8-10,20H2,1-2H3,(H,21,28)(H,22,26)(H,23,27). The molecule has 1 aromatic rings. The number of ether oxygens (including phenoxy) is 1. The number of alkyl carbamates (subject to hydrolysis) is 1. The summed E-state index contributed by atoms with van der Waals surface area (Å²) in [5.74, 6) is -0.732. The third-order valence-electron chi connectivity index (χ3n) is 3.73. The van der Waals surface area contributed by atoms with E-state index in [9.17, 15) is 19.2 Å². The fourth-order valence-electron chi connectivity index (χ4n) is 2.25. The Bertz CT molecular complexity index is 731. The van der Waals surface area contributed by atoms with Crippen LogP contribution in [-0.2, 0) is 31.5 Å². The quantitative estimate of drug-likeness (QED) is 0.292. The van der Waals surface area contributed by atoms with Gasteiger partial charge in [-0.2, -0.15) is 0 Å². The summed E-state index contributed by atoms with van der Waals surface area (Å²) in [6, 6.07) is 4.32. The second kappa shape index (κ2) is 12.6. The molecule has 0 aromatic heterocycles. The molecule has 1 rings (SSSR count). The van der Waals surface area contributed by atoms with Crippen molar-refractivity contribution >= 4 is 41.6 Å². The smallest absolute Gasteiger partial charge is 0.407 e. The first kappa shape index (κ1) is 24.2. The third kappa shape index (κ3) is 8.79. The summed E-state index contributed by atoms with van der Waals surface area (Å²) in [6.45, 7) is 1.73. The molecule has 5 N–H and O–H groups in total. The van der Waals surface area contributed by atoms with Gasteiger partial charge in [-0.25, -0.2) is 4.79 Å². The average Bonchev–Trinajstić information content (AvgIpc) is 2.70. The maximum atomic E-state index is 12.3. The molecule has 1 atom stereocenters. The van der Waals surface area contributed by atoms with Crippen LogP contribution >= 0.6 is 11.6 Å². The second-order valence-corrected chi connectivity index (χ2v) is 6.46. The molecule has 4 amide bonds. The Morgan fingerprint density at radius 2 is 2.03 bits per heavy atom. The molecule has 11 heteroatoms. The van der Waals surface area contributed by atoms with Crippen molar-refractivity contribution in [2.24, 2.45) is 5.73 Å². The highest BCUT2D eigenvalue weighted by Gasteiger charge is 2.17. The molecule has 0 heterocycles. The monoisotopic (exact) mass is 427 g/mol. The Labute approximate surface area is 174 Å². The van der Waals surface area contributed by atoms with Gasteiger partial charge in [0.25, 0.3) is 0 Å². The number of amides is 4. The Morgan fingerprint density at radius 1 is 1.31 bits per heavy atom. The summed E-state index contributed by atoms with van der Waals surface area (Å²) in [5.41, 5.74) is 7.34. The lowest BCUT2D eigenvalue weighted by Gasteiger charge is -2.17. The summed E-state index contributed by atoms with van der Waals surface area (Å²) >= 11 is 5.92. The van der Waals surface area contributed by atoms with E-state index in [1.165, 1.54) is 11.8 Å². The number of alkyl halides is 1. The summed E-state index contributed by atoms with van der Waals surface area (Å²) < 4.78 is 4.67. The molecule has 0 spiro atoms. The average molecular weight is 428 g/mol. The van der Waals surface area contributed by atoms with E-state index in [1.54, 1.807) is 25.2 Å². The van der Waals surface area contributed by atoms with Crippen molar-refractivity contribution in [1.82, 2.24) is 15.5 Å². The normalized spacial score (nSPS) is 11.2. The number of rotatable bonds is 11. The van der Waals surface area contributed by atoms with Gasteiger partial charge < -0.3 is 31.3 Å². The van der Waals surface area contributed by atoms with Crippen molar-refractivity contribution in [3.8, 4) is 0 Å². The van der Waals surface area contributed by atoms with Crippen LogP contribution in [0, 0.1) is 0 Å². The summed E-state index contributed by atoms with van der Waals surface area (Å²) in [4.78, 5) is 47.7. The number of hydrogen-bond acceptors (Lipinski definition) is 6. The molecule has 29 heavy (non-hydrogen) atoms. The number of carbonyl (C=O) groups is 4. The lowest BCUT2D eigenvalue weighted by atomic mass is 10.1. The number of nitrogens with two attached hydrogens (primary N) is 1. The van der Waals surface area contributed by atoms with Crippen LogP contribution in [0.2, 0.25) is 0 Å². The topological polar surface area (TPSA) is 143 Å². The van der Waals surface area contributed by atoms with Crippen LogP contribution in [0.25, 0.3) is 0 Å². The van der Waals surface area contributed by atoms with Crippen LogP contribution < -0.4 is 21.7 Å². The predicted octanol–water partition coefficient (Wildman–Crippen LogP) is 0.142. The Morgan fingerprint density at radius 3 is 2.66 bits per heavy atom. The van der Waals surface area contributed by atoms with Crippen molar-refractivity contribution in [2.75, 3.05) is 32.1 Å². The molecule has 10 nitrogen and oxygen atoms in total. The molecular formula is C18H26ClN5O5. The minimum absolute atomic E-state index is 0.0411. The number of halogens is 1. The van der Waals surface area contributed by atoms with Crippen LogP contribution in [0.3, 0.4) is 0 Å². The Kier molecular flexibility index (Phi) is 10.5. The molecule has 0 saturated heterocycles. The minimum Gasteiger partial charge on any atom is -0.448 e. The molecule has 0 radical (unpaired) electrons. The molecule has 160 valence electrons. The number of carbonyl (C=O) groups excluding carboxylic acids is 4. The number of benzene rings is 1. The highest BCUT2D eigenvalue weighted by Crippen LogP contribution is 2.19. The number of nitrogens with zero attached hydrogens (tertiary/aromatic N) is 1. The summed E-state index contributed by atoms with van der Waals surface area (Å²) in [6.07, 6.45) is -0.0734. The minimum atomic E-state index is -0.849. The lowest BCUT2D eigenvalue weighted by molar-refractivity contribution is -0.125. The molecule has 0 fully saturated rings. The van der Waals surface area contributed by atoms with Gasteiger partial charge in [0.1, 0.15) is 19.2 Å². The molecule has 0 aliphatic heterocycles. The van der Waals surface area contributed by atoms with Gasteiger partial charge in [0.15, 0.2) is 0 Å². The predicted molar refractivity (Wildman–Crippen MR) is 108 cm³/mol. The second-order valence-electron chi connectivity index (χ2n) is 6.19. The van der Waals surface area contributed by atoms with Crippen LogP contribution in [-0.4, -0.2) is 62.0 Å². The van der Waals surface area contributed by atoms with Gasteiger partial charge in [0, 0.05) is 31.7 Å². The van der Waals surface area contributed by atoms with Crippen molar-refractivity contribution < 1.29 is 23.9 Å². The van der Waals surface area contributed by atoms with Gasteiger partial charge in [-0.1, -0.05) is 6.07 Å². The number of anilines is 1. The first-order valence-corrected chi connectivity index (χ1v) is 9.38. The fourth-order valence-corrected chi connectivity index (χ4v) is 2.51. The van der Waals surface area contributed by atoms with E-state index in [0.717, 1.165) is 11.1 Å². The van der Waals surface area contributed by atoms with E-state index in [1.807, 2.05) is 0 Å². The van der Waals surface area contributed by atoms with Gasteiger partial charge in [-0.3, -0.25) is 14.4 Å². The van der Waals surface area contributed by atoms with Gasteiger partial charge >= 0.3 is 6.09 Å². The van der Waals surface area contributed by atoms with E-state index < -0.39 is 23.9 Å². The summed E-state index contributed by atoms with van der Waals surface area (Å²) in [7, 11) is 1.63. The first-order valence-electron chi connectivity index (χ1n) is 8.84. The van der Waals surface area contributed by atoms with Gasteiger partial charge in [-0.15, -0.1) is 11.6 Å². The molecular weight excluding hydrogens is 402 g/mol. The van der Waals surface area contributed by atoms with E-state index in [-0.39, 0.29) is 25.6 Å². The number of hydrogen-bond donors (Lipinski definition) is 4. The zero-order chi connectivity index (χ0) is 21.8. The fraction of sp³-hybridized carbons (Fsp3) is 0.444. The van der Waals surface area contributed by atoms with Gasteiger partial charge in [-0.05, 0) is 30.2 Å². The van der Waals surface area contributed by atoms with E-state index in [0.29, 0.717) is 18.6 Å². The van der Waals surface area contributed by atoms with Crippen LogP contribution in [0.1, 0.15) is 18.1 Å². The van der Waals surface area contributed by atoms with Gasteiger partial charge in [0.2, 0.25) is 18.2 Å². The van der Waals surface area contributed by atoms with E-state index >= 15 is 0 Å². The van der Waals surface area contributed by atoms with Crippen LogP contribution in [0.4, 0.5) is 10.5 Å². The van der Waals surface area contributed by atoms with E-state index in [4.69, 9.17) is 17.3 Å². The van der Waals surface area contributed by atoms with Crippen molar-refractivity contribution in [3.63, 3.8) is 0 Å². The first-order chi connectivity index (χ1) is 13.8. The molecule has 0 aliphatic rings. The molecule has 1 aromatic carbocycles. The largest absolute Gasteiger partial charge is 0.448 e. The third-order valence-corrected chi connectivity index (χ3v) is 4.02. The Balaban J connectivity index is 2.61. The highest BCUT2D eigenvalue weighted by molar-refractivity contribution is 6.17. The zero-order valence-corrected chi connectivity index (χ0v) is 17.1. The summed E-state index contributed by atoms with van der Waals surface area (Å²) in [5, 5.41) is 7.41. The van der Waals surface area contributed by atoms with E-state index in [2.05, 4.69) is 20.7 Å².